The van der Waals surface area contributed by atoms with Crippen LogP contribution in [0.2, 0.25) is 0 Å². The van der Waals surface area contributed by atoms with Gasteiger partial charge in [-0.15, -0.1) is 0 Å². The van der Waals surface area contributed by atoms with Crippen molar-refractivity contribution >= 4 is 5.96 Å². The maximum absolute atomic E-state index is 5.97. The SMILES string of the molecule is CN=C(NCCC1=CCOCC1)NCc1ccccc1OCC1CC1. The summed E-state index contributed by atoms with van der Waals surface area (Å²) in [6, 6.07) is 8.23. The first-order valence-corrected chi connectivity index (χ1v) is 9.26. The van der Waals surface area contributed by atoms with Crippen molar-refractivity contribution in [3.05, 3.63) is 41.5 Å². The molecule has 0 unspecified atom stereocenters. The van der Waals surface area contributed by atoms with E-state index >= 15 is 0 Å². The van der Waals surface area contributed by atoms with Crippen molar-refractivity contribution in [2.75, 3.05) is 33.4 Å². The summed E-state index contributed by atoms with van der Waals surface area (Å²) in [6.45, 7) is 4.02. The zero-order chi connectivity index (χ0) is 17.3. The van der Waals surface area contributed by atoms with E-state index in [0.29, 0.717) is 6.54 Å². The minimum Gasteiger partial charge on any atom is -0.493 e. The standard InChI is InChI=1S/C20H29N3O2/c1-21-20(22-11-8-16-9-12-24-13-10-16)23-14-18-4-2-3-5-19(18)25-15-17-6-7-17/h2-5,9,17H,6-8,10-15H2,1H3,(H2,21,22,23). The molecule has 25 heavy (non-hydrogen) atoms. The van der Waals surface area contributed by atoms with Gasteiger partial charge in [-0.1, -0.05) is 29.8 Å². The Morgan fingerprint density at radius 3 is 2.92 bits per heavy atom. The van der Waals surface area contributed by atoms with Crippen LogP contribution >= 0.6 is 0 Å². The lowest BCUT2D eigenvalue weighted by atomic mass is 10.1. The van der Waals surface area contributed by atoms with E-state index in [1.807, 2.05) is 12.1 Å². The number of nitrogens with zero attached hydrogens (tertiary/aromatic N) is 1. The maximum Gasteiger partial charge on any atom is 0.191 e. The first kappa shape index (κ1) is 17.8. The Labute approximate surface area is 150 Å². The normalized spacial score (nSPS) is 17.8. The van der Waals surface area contributed by atoms with Crippen LogP contribution in [-0.4, -0.2) is 39.4 Å². The van der Waals surface area contributed by atoms with Gasteiger partial charge in [0, 0.05) is 25.7 Å². The van der Waals surface area contributed by atoms with Gasteiger partial charge in [-0.25, -0.2) is 0 Å². The second kappa shape index (κ2) is 9.47. The van der Waals surface area contributed by atoms with E-state index in [-0.39, 0.29) is 0 Å². The van der Waals surface area contributed by atoms with Gasteiger partial charge in [-0.05, 0) is 37.7 Å². The van der Waals surface area contributed by atoms with Crippen LogP contribution in [0.5, 0.6) is 5.75 Å². The summed E-state index contributed by atoms with van der Waals surface area (Å²) in [4.78, 5) is 4.31. The first-order chi connectivity index (χ1) is 12.3. The number of ether oxygens (including phenoxy) is 2. The van der Waals surface area contributed by atoms with Crippen molar-refractivity contribution in [3.8, 4) is 5.75 Å². The van der Waals surface area contributed by atoms with Crippen LogP contribution in [-0.2, 0) is 11.3 Å². The molecular formula is C20H29N3O2. The number of rotatable bonds is 8. The number of nitrogens with one attached hydrogen (secondary N) is 2. The molecule has 2 N–H and O–H groups in total. The number of benzene rings is 1. The molecule has 2 aliphatic rings. The third-order valence-electron chi connectivity index (χ3n) is 4.61. The van der Waals surface area contributed by atoms with Crippen LogP contribution in [0.1, 0.15) is 31.2 Å². The molecule has 5 nitrogen and oxygen atoms in total. The molecule has 0 aromatic heterocycles. The van der Waals surface area contributed by atoms with Crippen molar-refractivity contribution in [1.29, 1.82) is 0 Å². The molecule has 1 aromatic carbocycles. The van der Waals surface area contributed by atoms with Crippen LogP contribution in [0.25, 0.3) is 0 Å². The molecule has 1 saturated carbocycles. The highest BCUT2D eigenvalue weighted by atomic mass is 16.5. The quantitative estimate of drug-likeness (QED) is 0.433. The average Bonchev–Trinajstić information content (AvgIpc) is 3.49. The minimum atomic E-state index is 0.705. The van der Waals surface area contributed by atoms with Gasteiger partial charge in [0.1, 0.15) is 5.75 Å². The third-order valence-corrected chi connectivity index (χ3v) is 4.61. The number of aliphatic imine (C=N–C) groups is 1. The van der Waals surface area contributed by atoms with Gasteiger partial charge < -0.3 is 20.1 Å². The highest BCUT2D eigenvalue weighted by Gasteiger charge is 2.22. The molecule has 1 aromatic rings. The molecule has 0 spiro atoms. The first-order valence-electron chi connectivity index (χ1n) is 9.26. The lowest BCUT2D eigenvalue weighted by Gasteiger charge is -2.16. The Morgan fingerprint density at radius 2 is 2.16 bits per heavy atom. The van der Waals surface area contributed by atoms with Crippen molar-refractivity contribution in [2.24, 2.45) is 10.9 Å². The number of hydrogen-bond donors (Lipinski definition) is 2. The molecule has 1 aliphatic heterocycles. The number of hydrogen-bond acceptors (Lipinski definition) is 3. The summed E-state index contributed by atoms with van der Waals surface area (Å²) in [7, 11) is 1.80. The smallest absolute Gasteiger partial charge is 0.191 e. The lowest BCUT2D eigenvalue weighted by Crippen LogP contribution is -2.37. The Bertz CT molecular complexity index is 609. The van der Waals surface area contributed by atoms with Gasteiger partial charge in [-0.3, -0.25) is 4.99 Å². The van der Waals surface area contributed by atoms with Gasteiger partial charge >= 0.3 is 0 Å². The minimum absolute atomic E-state index is 0.705. The second-order valence-corrected chi connectivity index (χ2v) is 6.65. The van der Waals surface area contributed by atoms with Crippen molar-refractivity contribution in [2.45, 2.75) is 32.2 Å². The summed E-state index contributed by atoms with van der Waals surface area (Å²) < 4.78 is 11.3. The topological polar surface area (TPSA) is 54.9 Å². The van der Waals surface area contributed by atoms with Crippen molar-refractivity contribution in [1.82, 2.24) is 10.6 Å². The molecule has 1 heterocycles. The van der Waals surface area contributed by atoms with Crippen molar-refractivity contribution < 1.29 is 9.47 Å². The van der Waals surface area contributed by atoms with Crippen LogP contribution < -0.4 is 15.4 Å². The van der Waals surface area contributed by atoms with E-state index < -0.39 is 0 Å². The second-order valence-electron chi connectivity index (χ2n) is 6.65. The van der Waals surface area contributed by atoms with Gasteiger partial charge in [0.25, 0.3) is 0 Å². The fraction of sp³-hybridized carbons (Fsp3) is 0.550. The molecule has 0 bridgehead atoms. The maximum atomic E-state index is 5.97. The van der Waals surface area contributed by atoms with Crippen LogP contribution in [0.15, 0.2) is 40.9 Å². The van der Waals surface area contributed by atoms with Crippen LogP contribution in [0.3, 0.4) is 0 Å². The molecule has 0 amide bonds. The highest BCUT2D eigenvalue weighted by molar-refractivity contribution is 5.79. The van der Waals surface area contributed by atoms with E-state index in [9.17, 15) is 0 Å². The summed E-state index contributed by atoms with van der Waals surface area (Å²) in [6.07, 6.45) is 6.87. The van der Waals surface area contributed by atoms with Gasteiger partial charge in [0.2, 0.25) is 0 Å². The van der Waals surface area contributed by atoms with Gasteiger partial charge in [0.15, 0.2) is 5.96 Å². The van der Waals surface area contributed by atoms with Gasteiger partial charge in [0.05, 0.1) is 19.8 Å². The van der Waals surface area contributed by atoms with Crippen LogP contribution in [0, 0.1) is 5.92 Å². The molecule has 0 atom stereocenters. The predicted molar refractivity (Wildman–Crippen MR) is 101 cm³/mol. The Morgan fingerprint density at radius 1 is 1.28 bits per heavy atom. The molecule has 1 fully saturated rings. The lowest BCUT2D eigenvalue weighted by molar-refractivity contribution is 0.153. The van der Waals surface area contributed by atoms with Gasteiger partial charge in [-0.2, -0.15) is 0 Å². The monoisotopic (exact) mass is 343 g/mol. The summed E-state index contributed by atoms with van der Waals surface area (Å²) >= 11 is 0. The molecule has 3 rings (SSSR count). The Balaban J connectivity index is 1.43. The zero-order valence-corrected chi connectivity index (χ0v) is 15.1. The van der Waals surface area contributed by atoms with E-state index in [2.05, 4.69) is 33.8 Å². The van der Waals surface area contributed by atoms with E-state index in [4.69, 9.17) is 9.47 Å². The van der Waals surface area contributed by atoms with E-state index in [1.165, 1.54) is 24.0 Å². The van der Waals surface area contributed by atoms with E-state index in [0.717, 1.165) is 56.8 Å². The molecule has 0 saturated heterocycles. The summed E-state index contributed by atoms with van der Waals surface area (Å²) in [5, 5.41) is 6.76. The fourth-order valence-electron chi connectivity index (χ4n) is 2.82. The molecule has 1 aliphatic carbocycles. The Kier molecular flexibility index (Phi) is 6.74. The molecule has 0 radical (unpaired) electrons. The zero-order valence-electron chi connectivity index (χ0n) is 15.1. The average molecular weight is 343 g/mol. The van der Waals surface area contributed by atoms with E-state index in [1.54, 1.807) is 7.05 Å². The molecule has 5 heteroatoms. The summed E-state index contributed by atoms with van der Waals surface area (Å²) in [5.74, 6) is 2.56. The number of guanidine groups is 1. The highest BCUT2D eigenvalue weighted by Crippen LogP contribution is 2.30. The fourth-order valence-corrected chi connectivity index (χ4v) is 2.82. The molecule has 136 valence electrons. The summed E-state index contributed by atoms with van der Waals surface area (Å²) in [5.41, 5.74) is 2.63. The van der Waals surface area contributed by atoms with Crippen molar-refractivity contribution in [3.63, 3.8) is 0 Å². The van der Waals surface area contributed by atoms with Crippen LogP contribution in [0.4, 0.5) is 0 Å². The largest absolute Gasteiger partial charge is 0.493 e. The molecular weight excluding hydrogens is 314 g/mol. The Hall–Kier alpha value is -2.01. The third kappa shape index (κ3) is 6.09. The number of para-hydroxylation sites is 1. The predicted octanol–water partition coefficient (Wildman–Crippen LogP) is 2.88.